The summed E-state index contributed by atoms with van der Waals surface area (Å²) < 4.78 is 7.20. The van der Waals surface area contributed by atoms with E-state index < -0.39 is 12.2 Å². The van der Waals surface area contributed by atoms with Crippen LogP contribution in [0.5, 0.6) is 0 Å². The van der Waals surface area contributed by atoms with Crippen LogP contribution in [-0.4, -0.2) is 52.7 Å². The maximum absolute atomic E-state index is 12.1. The number of amides is 1. The first-order valence-corrected chi connectivity index (χ1v) is 8.06. The zero-order valence-electron chi connectivity index (χ0n) is 13.3. The van der Waals surface area contributed by atoms with Gasteiger partial charge in [0, 0.05) is 30.5 Å². The van der Waals surface area contributed by atoms with Gasteiger partial charge in [0.15, 0.2) is 0 Å². The second kappa shape index (κ2) is 7.61. The van der Waals surface area contributed by atoms with Crippen molar-refractivity contribution in [1.29, 1.82) is 0 Å². The number of rotatable bonds is 5. The third kappa shape index (κ3) is 4.03. The molecule has 1 amide bonds. The highest BCUT2D eigenvalue weighted by atomic mass is 16.5. The molecule has 0 saturated carbocycles. The second-order valence-electron chi connectivity index (χ2n) is 6.09. The fraction of sp³-hybridized carbons (Fsp3) is 0.389. The quantitative estimate of drug-likeness (QED) is 0.746. The largest absolute Gasteiger partial charge is 0.390 e. The molecule has 2 heterocycles. The lowest BCUT2D eigenvalue weighted by Gasteiger charge is -2.31. The van der Waals surface area contributed by atoms with E-state index in [0.717, 1.165) is 11.3 Å². The fourth-order valence-corrected chi connectivity index (χ4v) is 2.82. The zero-order valence-corrected chi connectivity index (χ0v) is 13.3. The van der Waals surface area contributed by atoms with E-state index in [-0.39, 0.29) is 24.9 Å². The van der Waals surface area contributed by atoms with Crippen LogP contribution in [0.4, 0.5) is 0 Å². The van der Waals surface area contributed by atoms with E-state index in [1.54, 1.807) is 0 Å². The lowest BCUT2D eigenvalue weighted by molar-refractivity contribution is -0.127. The number of hydrogen-bond donors (Lipinski definition) is 3. The first-order chi connectivity index (χ1) is 11.6. The Morgan fingerprint density at radius 1 is 1.17 bits per heavy atom. The van der Waals surface area contributed by atoms with Crippen LogP contribution in [0, 0.1) is 5.92 Å². The summed E-state index contributed by atoms with van der Waals surface area (Å²) in [5.41, 5.74) is 1.96. The molecular weight excluding hydrogens is 308 g/mol. The van der Waals surface area contributed by atoms with E-state index in [1.165, 1.54) is 0 Å². The molecule has 1 fully saturated rings. The van der Waals surface area contributed by atoms with E-state index in [4.69, 9.17) is 4.74 Å². The molecular formula is C18H22N2O4. The van der Waals surface area contributed by atoms with Gasteiger partial charge in [-0.25, -0.2) is 0 Å². The van der Waals surface area contributed by atoms with Crippen molar-refractivity contribution in [2.75, 3.05) is 19.8 Å². The third-order valence-corrected chi connectivity index (χ3v) is 4.26. The molecule has 0 bridgehead atoms. The Bertz CT molecular complexity index is 654. The number of nitrogens with zero attached hydrogens (tertiary/aromatic N) is 1. The molecule has 1 aliphatic heterocycles. The normalized spacial score (nSPS) is 23.8. The molecule has 3 rings (SSSR count). The van der Waals surface area contributed by atoms with E-state index in [1.807, 2.05) is 53.4 Å². The molecule has 1 aromatic heterocycles. The van der Waals surface area contributed by atoms with Gasteiger partial charge in [-0.3, -0.25) is 4.79 Å². The summed E-state index contributed by atoms with van der Waals surface area (Å²) in [5, 5.41) is 22.2. The zero-order chi connectivity index (χ0) is 16.9. The van der Waals surface area contributed by atoms with Crippen LogP contribution >= 0.6 is 0 Å². The highest BCUT2D eigenvalue weighted by Crippen LogP contribution is 2.15. The smallest absolute Gasteiger partial charge is 0.224 e. The molecule has 2 aromatic rings. The van der Waals surface area contributed by atoms with Crippen molar-refractivity contribution in [2.24, 2.45) is 5.92 Å². The van der Waals surface area contributed by atoms with Crippen molar-refractivity contribution >= 4 is 5.91 Å². The molecule has 6 heteroatoms. The minimum atomic E-state index is -0.887. The van der Waals surface area contributed by atoms with Gasteiger partial charge in [0.1, 0.15) is 6.10 Å². The van der Waals surface area contributed by atoms with Crippen molar-refractivity contribution in [2.45, 2.75) is 18.6 Å². The summed E-state index contributed by atoms with van der Waals surface area (Å²) in [7, 11) is 0. The van der Waals surface area contributed by atoms with Crippen LogP contribution in [0.25, 0.3) is 5.69 Å². The lowest BCUT2D eigenvalue weighted by Crippen LogP contribution is -2.48. The number of hydrogen-bond acceptors (Lipinski definition) is 4. The van der Waals surface area contributed by atoms with Crippen molar-refractivity contribution in [3.8, 4) is 5.69 Å². The van der Waals surface area contributed by atoms with Gasteiger partial charge in [-0.2, -0.15) is 0 Å². The van der Waals surface area contributed by atoms with Crippen LogP contribution in [0.3, 0.4) is 0 Å². The predicted molar refractivity (Wildman–Crippen MR) is 88.8 cm³/mol. The van der Waals surface area contributed by atoms with Crippen molar-refractivity contribution in [3.63, 3.8) is 0 Å². The van der Waals surface area contributed by atoms with Gasteiger partial charge < -0.3 is 24.8 Å². The van der Waals surface area contributed by atoms with Crippen LogP contribution in [-0.2, 0) is 16.0 Å². The Kier molecular flexibility index (Phi) is 5.30. The molecule has 3 atom stereocenters. The number of nitrogens with one attached hydrogen (secondary N) is 1. The lowest BCUT2D eigenvalue weighted by atomic mass is 9.96. The van der Waals surface area contributed by atoms with Gasteiger partial charge in [-0.1, -0.05) is 12.1 Å². The minimum Gasteiger partial charge on any atom is -0.390 e. The summed E-state index contributed by atoms with van der Waals surface area (Å²) in [6.45, 7) is 0.766. The van der Waals surface area contributed by atoms with E-state index in [0.29, 0.717) is 13.2 Å². The maximum Gasteiger partial charge on any atom is 0.224 e. The molecule has 0 unspecified atom stereocenters. The van der Waals surface area contributed by atoms with Crippen molar-refractivity contribution < 1.29 is 19.7 Å². The van der Waals surface area contributed by atoms with E-state index >= 15 is 0 Å². The monoisotopic (exact) mass is 330 g/mol. The average molecular weight is 330 g/mol. The molecule has 0 radical (unpaired) electrons. The number of aliphatic hydroxyl groups excluding tert-OH is 2. The summed E-state index contributed by atoms with van der Waals surface area (Å²) in [4.78, 5) is 12.1. The third-order valence-electron chi connectivity index (χ3n) is 4.26. The van der Waals surface area contributed by atoms with Gasteiger partial charge in [-0.05, 0) is 29.8 Å². The SMILES string of the molecule is O=C(Cc1ccc(-n2cccc2)cc1)NC[C@@H]1COC[C@@H](O)[C@H]1O. The molecule has 0 spiro atoms. The van der Waals surface area contributed by atoms with Gasteiger partial charge in [0.25, 0.3) is 0 Å². The number of carbonyl (C=O) groups excluding carboxylic acids is 1. The van der Waals surface area contributed by atoms with Gasteiger partial charge in [-0.15, -0.1) is 0 Å². The molecule has 128 valence electrons. The second-order valence-corrected chi connectivity index (χ2v) is 6.09. The maximum atomic E-state index is 12.1. The number of benzene rings is 1. The Labute approximate surface area is 140 Å². The van der Waals surface area contributed by atoms with Crippen LogP contribution in [0.1, 0.15) is 5.56 Å². The van der Waals surface area contributed by atoms with Crippen LogP contribution in [0.2, 0.25) is 0 Å². The van der Waals surface area contributed by atoms with Gasteiger partial charge in [0.05, 0.1) is 25.7 Å². The van der Waals surface area contributed by atoms with Crippen molar-refractivity contribution in [3.05, 3.63) is 54.4 Å². The molecule has 24 heavy (non-hydrogen) atoms. The Hall–Kier alpha value is -2.15. The molecule has 1 aliphatic rings. The Morgan fingerprint density at radius 3 is 2.58 bits per heavy atom. The summed E-state index contributed by atoms with van der Waals surface area (Å²) in [6.07, 6.45) is 2.46. The molecule has 1 saturated heterocycles. The number of aliphatic hydroxyl groups is 2. The first kappa shape index (κ1) is 16.7. The molecule has 0 aliphatic carbocycles. The molecule has 6 nitrogen and oxygen atoms in total. The van der Waals surface area contributed by atoms with E-state index in [9.17, 15) is 15.0 Å². The van der Waals surface area contributed by atoms with Gasteiger partial charge >= 0.3 is 0 Å². The topological polar surface area (TPSA) is 83.7 Å². The number of ether oxygens (including phenoxy) is 1. The first-order valence-electron chi connectivity index (χ1n) is 8.06. The van der Waals surface area contributed by atoms with E-state index in [2.05, 4.69) is 5.32 Å². The minimum absolute atomic E-state index is 0.115. The standard InChI is InChI=1S/C18H22N2O4/c21-16-12-24-11-14(18(16)23)10-19-17(22)9-13-3-5-15(6-4-13)20-7-1-2-8-20/h1-8,14,16,18,21,23H,9-12H2,(H,19,22)/t14-,16-,18+/m1/s1. The number of carbonyl (C=O) groups is 1. The van der Waals surface area contributed by atoms with Crippen LogP contribution in [0.15, 0.2) is 48.8 Å². The van der Waals surface area contributed by atoms with Crippen LogP contribution < -0.4 is 5.32 Å². The average Bonchev–Trinajstić information content (AvgIpc) is 3.11. The number of aromatic nitrogens is 1. The Morgan fingerprint density at radius 2 is 1.88 bits per heavy atom. The van der Waals surface area contributed by atoms with Gasteiger partial charge in [0.2, 0.25) is 5.91 Å². The predicted octanol–water partition coefficient (Wildman–Crippen LogP) is 0.504. The molecule has 3 N–H and O–H groups in total. The summed E-state index contributed by atoms with van der Waals surface area (Å²) in [6, 6.07) is 11.7. The fourth-order valence-electron chi connectivity index (χ4n) is 2.82. The highest BCUT2D eigenvalue weighted by Gasteiger charge is 2.31. The Balaban J connectivity index is 1.50. The summed E-state index contributed by atoms with van der Waals surface area (Å²) >= 11 is 0. The summed E-state index contributed by atoms with van der Waals surface area (Å²) in [5.74, 6) is -0.398. The van der Waals surface area contributed by atoms with Crippen molar-refractivity contribution in [1.82, 2.24) is 9.88 Å². The highest BCUT2D eigenvalue weighted by molar-refractivity contribution is 5.78. The molecule has 1 aromatic carbocycles.